The number of rotatable bonds is 4. The van der Waals surface area contributed by atoms with Crippen molar-refractivity contribution in [2.45, 2.75) is 0 Å². The van der Waals surface area contributed by atoms with E-state index in [1.807, 2.05) is 0 Å². The minimum absolute atomic E-state index is 0.0553. The number of nitrogens with zero attached hydrogens (tertiary/aromatic N) is 1. The zero-order chi connectivity index (χ0) is 14.7. The minimum atomic E-state index is -0.789. The van der Waals surface area contributed by atoms with Gasteiger partial charge in [0.2, 0.25) is 0 Å². The SMILES string of the molecule is NNc1cccc(Nc2cc(F)cc(F)c2)c1[N+](=O)[O-]. The highest BCUT2D eigenvalue weighted by Gasteiger charge is 2.19. The van der Waals surface area contributed by atoms with E-state index in [4.69, 9.17) is 5.84 Å². The van der Waals surface area contributed by atoms with Gasteiger partial charge in [0.05, 0.1) is 4.92 Å². The van der Waals surface area contributed by atoms with Gasteiger partial charge in [0, 0.05) is 11.8 Å². The molecule has 0 aliphatic rings. The van der Waals surface area contributed by atoms with Crippen LogP contribution in [0.4, 0.5) is 31.5 Å². The Labute approximate surface area is 112 Å². The third-order valence-electron chi connectivity index (χ3n) is 2.52. The summed E-state index contributed by atoms with van der Waals surface area (Å²) in [6.07, 6.45) is 0. The Kier molecular flexibility index (Phi) is 3.76. The molecule has 20 heavy (non-hydrogen) atoms. The van der Waals surface area contributed by atoms with E-state index >= 15 is 0 Å². The molecule has 0 unspecified atom stereocenters. The number of nitrogens with one attached hydrogen (secondary N) is 2. The van der Waals surface area contributed by atoms with Gasteiger partial charge in [-0.3, -0.25) is 16.0 Å². The average molecular weight is 280 g/mol. The molecule has 0 aliphatic carbocycles. The van der Waals surface area contributed by atoms with Gasteiger partial charge in [-0.1, -0.05) is 6.07 Å². The van der Waals surface area contributed by atoms with Crippen molar-refractivity contribution in [3.05, 3.63) is 58.1 Å². The molecule has 0 heterocycles. The van der Waals surface area contributed by atoms with Crippen LogP contribution in [0.1, 0.15) is 0 Å². The molecule has 0 fully saturated rings. The first-order valence-corrected chi connectivity index (χ1v) is 5.48. The van der Waals surface area contributed by atoms with E-state index in [1.165, 1.54) is 18.2 Å². The van der Waals surface area contributed by atoms with E-state index in [9.17, 15) is 18.9 Å². The number of nitrogens with two attached hydrogens (primary N) is 1. The number of hydrazine groups is 1. The molecule has 104 valence electrons. The molecule has 0 bridgehead atoms. The predicted molar refractivity (Wildman–Crippen MR) is 70.5 cm³/mol. The predicted octanol–water partition coefficient (Wildman–Crippen LogP) is 2.90. The maximum absolute atomic E-state index is 13.1. The summed E-state index contributed by atoms with van der Waals surface area (Å²) in [5.41, 5.74) is 2.08. The standard InChI is InChI=1S/C12H10F2N4O2/c13-7-4-8(14)6-9(5-7)16-10-2-1-3-11(17-15)12(10)18(19)20/h1-6,16-17H,15H2. The van der Waals surface area contributed by atoms with Crippen molar-refractivity contribution in [3.63, 3.8) is 0 Å². The number of nitro groups is 1. The highest BCUT2D eigenvalue weighted by molar-refractivity contribution is 5.79. The molecule has 0 saturated carbocycles. The summed E-state index contributed by atoms with van der Waals surface area (Å²) in [7, 11) is 0. The molecule has 0 amide bonds. The number of hydrogen-bond donors (Lipinski definition) is 3. The molecule has 0 atom stereocenters. The van der Waals surface area contributed by atoms with Crippen LogP contribution in [-0.2, 0) is 0 Å². The zero-order valence-electron chi connectivity index (χ0n) is 10.1. The van der Waals surface area contributed by atoms with Gasteiger partial charge in [0.25, 0.3) is 0 Å². The number of nitro benzene ring substituents is 1. The molecule has 4 N–H and O–H groups in total. The van der Waals surface area contributed by atoms with Crippen LogP contribution in [0.15, 0.2) is 36.4 Å². The fraction of sp³-hybridized carbons (Fsp3) is 0. The van der Waals surface area contributed by atoms with Gasteiger partial charge in [-0.2, -0.15) is 0 Å². The van der Waals surface area contributed by atoms with Gasteiger partial charge in [-0.25, -0.2) is 8.78 Å². The zero-order valence-corrected chi connectivity index (χ0v) is 10.1. The third kappa shape index (κ3) is 2.81. The van der Waals surface area contributed by atoms with E-state index in [0.717, 1.165) is 12.1 Å². The second-order valence-electron chi connectivity index (χ2n) is 3.89. The highest BCUT2D eigenvalue weighted by Crippen LogP contribution is 2.34. The lowest BCUT2D eigenvalue weighted by Crippen LogP contribution is -2.10. The molecule has 8 heteroatoms. The van der Waals surface area contributed by atoms with Crippen LogP contribution in [0.2, 0.25) is 0 Å². The second kappa shape index (κ2) is 5.49. The quantitative estimate of drug-likeness (QED) is 0.455. The molecule has 0 aliphatic heterocycles. The monoisotopic (exact) mass is 280 g/mol. The van der Waals surface area contributed by atoms with Gasteiger partial charge in [-0.15, -0.1) is 0 Å². The summed E-state index contributed by atoms with van der Waals surface area (Å²) >= 11 is 0. The summed E-state index contributed by atoms with van der Waals surface area (Å²) in [4.78, 5) is 10.4. The van der Waals surface area contributed by atoms with Crippen molar-refractivity contribution >= 4 is 22.7 Å². The summed E-state index contributed by atoms with van der Waals surface area (Å²) in [5.74, 6) is 3.62. The van der Waals surface area contributed by atoms with Crippen LogP contribution in [0.3, 0.4) is 0 Å². The van der Waals surface area contributed by atoms with Gasteiger partial charge >= 0.3 is 5.69 Å². The van der Waals surface area contributed by atoms with Crippen molar-refractivity contribution in [1.29, 1.82) is 0 Å². The van der Waals surface area contributed by atoms with Crippen LogP contribution in [0.25, 0.3) is 0 Å². The highest BCUT2D eigenvalue weighted by atomic mass is 19.1. The molecule has 2 rings (SSSR count). The molecule has 2 aromatic rings. The summed E-state index contributed by atoms with van der Waals surface area (Å²) in [6.45, 7) is 0. The summed E-state index contributed by atoms with van der Waals surface area (Å²) in [6, 6.07) is 7.08. The van der Waals surface area contributed by atoms with E-state index in [1.54, 1.807) is 0 Å². The number of para-hydroxylation sites is 1. The van der Waals surface area contributed by atoms with Crippen molar-refractivity contribution in [1.82, 2.24) is 0 Å². The van der Waals surface area contributed by atoms with Gasteiger partial charge in [0.15, 0.2) is 0 Å². The summed E-state index contributed by atoms with van der Waals surface area (Å²) in [5, 5.41) is 13.6. The number of hydrogen-bond acceptors (Lipinski definition) is 5. The van der Waals surface area contributed by atoms with Crippen LogP contribution >= 0.6 is 0 Å². The molecular formula is C12H10F2N4O2. The molecule has 2 aromatic carbocycles. The maximum atomic E-state index is 13.1. The Bertz CT molecular complexity index is 644. The van der Waals surface area contributed by atoms with Crippen LogP contribution in [0.5, 0.6) is 0 Å². The number of anilines is 3. The Hall–Kier alpha value is -2.74. The number of halogens is 2. The lowest BCUT2D eigenvalue weighted by atomic mass is 10.2. The lowest BCUT2D eigenvalue weighted by Gasteiger charge is -2.10. The molecule has 6 nitrogen and oxygen atoms in total. The smallest absolute Gasteiger partial charge is 0.316 e. The minimum Gasteiger partial charge on any atom is -0.350 e. The topological polar surface area (TPSA) is 93.2 Å². The van der Waals surface area contributed by atoms with Gasteiger partial charge in [0.1, 0.15) is 23.0 Å². The fourth-order valence-electron chi connectivity index (χ4n) is 1.74. The van der Waals surface area contributed by atoms with E-state index in [-0.39, 0.29) is 22.7 Å². The first-order chi connectivity index (χ1) is 9.51. The fourth-order valence-corrected chi connectivity index (χ4v) is 1.74. The van der Waals surface area contributed by atoms with E-state index in [2.05, 4.69) is 10.7 Å². The Morgan fingerprint density at radius 3 is 2.25 bits per heavy atom. The Morgan fingerprint density at radius 1 is 1.10 bits per heavy atom. The lowest BCUT2D eigenvalue weighted by molar-refractivity contribution is -0.383. The Balaban J connectivity index is 2.45. The first-order valence-electron chi connectivity index (χ1n) is 5.48. The average Bonchev–Trinajstić information content (AvgIpc) is 2.36. The van der Waals surface area contributed by atoms with Crippen molar-refractivity contribution in [2.24, 2.45) is 5.84 Å². The first kappa shape index (κ1) is 13.7. The third-order valence-corrected chi connectivity index (χ3v) is 2.52. The van der Waals surface area contributed by atoms with E-state index in [0.29, 0.717) is 6.07 Å². The maximum Gasteiger partial charge on any atom is 0.316 e. The Morgan fingerprint density at radius 2 is 1.70 bits per heavy atom. The molecule has 0 aromatic heterocycles. The summed E-state index contributed by atoms with van der Waals surface area (Å²) < 4.78 is 26.2. The molecule has 0 saturated heterocycles. The van der Waals surface area contributed by atoms with Crippen LogP contribution in [-0.4, -0.2) is 4.92 Å². The second-order valence-corrected chi connectivity index (χ2v) is 3.89. The van der Waals surface area contributed by atoms with Crippen molar-refractivity contribution < 1.29 is 13.7 Å². The number of nitrogen functional groups attached to an aromatic ring is 1. The van der Waals surface area contributed by atoms with Crippen LogP contribution < -0.4 is 16.6 Å². The van der Waals surface area contributed by atoms with Crippen molar-refractivity contribution in [2.75, 3.05) is 10.7 Å². The van der Waals surface area contributed by atoms with E-state index < -0.39 is 16.6 Å². The van der Waals surface area contributed by atoms with Gasteiger partial charge in [-0.05, 0) is 24.3 Å². The number of benzene rings is 2. The molecular weight excluding hydrogens is 270 g/mol. The van der Waals surface area contributed by atoms with Gasteiger partial charge < -0.3 is 10.7 Å². The normalized spacial score (nSPS) is 10.2. The molecule has 0 spiro atoms. The molecule has 0 radical (unpaired) electrons. The van der Waals surface area contributed by atoms with Crippen molar-refractivity contribution in [3.8, 4) is 0 Å². The van der Waals surface area contributed by atoms with Crippen LogP contribution in [0, 0.1) is 21.7 Å². The largest absolute Gasteiger partial charge is 0.350 e.